The average Bonchev–Trinajstić information content (AvgIpc) is 2.62. The van der Waals surface area contributed by atoms with E-state index < -0.39 is 0 Å². The molecule has 0 saturated carbocycles. The number of aryl methyl sites for hydroxylation is 1. The van der Waals surface area contributed by atoms with Gasteiger partial charge in [-0.2, -0.15) is 0 Å². The summed E-state index contributed by atoms with van der Waals surface area (Å²) in [7, 11) is 0. The highest BCUT2D eigenvalue weighted by atomic mass is 16.5. The molecule has 0 spiro atoms. The van der Waals surface area contributed by atoms with E-state index in [9.17, 15) is 0 Å². The van der Waals surface area contributed by atoms with Crippen LogP contribution in [0.3, 0.4) is 0 Å². The van der Waals surface area contributed by atoms with Crippen molar-refractivity contribution < 1.29 is 4.74 Å². The highest BCUT2D eigenvalue weighted by molar-refractivity contribution is 5.51. The number of hydrogen-bond donors (Lipinski definition) is 2. The smallest absolute Gasteiger partial charge is 0.122 e. The minimum Gasteiger partial charge on any atom is -0.494 e. The van der Waals surface area contributed by atoms with Gasteiger partial charge in [-0.15, -0.1) is 0 Å². The Kier molecular flexibility index (Phi) is 3.81. The summed E-state index contributed by atoms with van der Waals surface area (Å²) < 4.78 is 5.55. The molecule has 2 rings (SSSR count). The normalized spacial score (nSPS) is 21.9. The van der Waals surface area contributed by atoms with E-state index in [-0.39, 0.29) is 5.54 Å². The van der Waals surface area contributed by atoms with Crippen LogP contribution < -0.4 is 15.4 Å². The molecule has 1 heterocycles. The van der Waals surface area contributed by atoms with Gasteiger partial charge in [0.2, 0.25) is 0 Å². The molecule has 0 bridgehead atoms. The number of hydrogen-bond acceptors (Lipinski definition) is 3. The first-order chi connectivity index (χ1) is 8.50. The third-order valence-corrected chi connectivity index (χ3v) is 3.43. The first-order valence-corrected chi connectivity index (χ1v) is 6.75. The SMILES string of the molecule is CCOc1ccc(NC2CNC(C)(C)C2)cc1C. The summed E-state index contributed by atoms with van der Waals surface area (Å²) in [5.41, 5.74) is 2.62. The van der Waals surface area contributed by atoms with Crippen LogP contribution in [0, 0.1) is 6.92 Å². The first kappa shape index (κ1) is 13.2. The second-order valence-electron chi connectivity index (χ2n) is 5.72. The molecular weight excluding hydrogens is 224 g/mol. The van der Waals surface area contributed by atoms with E-state index >= 15 is 0 Å². The Labute approximate surface area is 110 Å². The van der Waals surface area contributed by atoms with Crippen molar-refractivity contribution in [2.24, 2.45) is 0 Å². The van der Waals surface area contributed by atoms with Crippen LogP contribution in [-0.4, -0.2) is 24.7 Å². The molecule has 100 valence electrons. The summed E-state index contributed by atoms with van der Waals surface area (Å²) in [4.78, 5) is 0. The van der Waals surface area contributed by atoms with Gasteiger partial charge in [-0.25, -0.2) is 0 Å². The molecule has 1 aromatic rings. The molecule has 1 fully saturated rings. The van der Waals surface area contributed by atoms with E-state index in [0.717, 1.165) is 18.7 Å². The minimum absolute atomic E-state index is 0.248. The molecule has 1 atom stereocenters. The van der Waals surface area contributed by atoms with Crippen molar-refractivity contribution in [3.8, 4) is 5.75 Å². The zero-order chi connectivity index (χ0) is 13.2. The van der Waals surface area contributed by atoms with E-state index in [4.69, 9.17) is 4.74 Å². The lowest BCUT2D eigenvalue weighted by Crippen LogP contribution is -2.31. The molecule has 1 aromatic carbocycles. The third-order valence-electron chi connectivity index (χ3n) is 3.43. The number of anilines is 1. The largest absolute Gasteiger partial charge is 0.494 e. The molecule has 0 aromatic heterocycles. The van der Waals surface area contributed by atoms with Crippen LogP contribution >= 0.6 is 0 Å². The summed E-state index contributed by atoms with van der Waals surface area (Å²) >= 11 is 0. The molecule has 3 heteroatoms. The van der Waals surface area contributed by atoms with Crippen LogP contribution in [0.15, 0.2) is 18.2 Å². The second kappa shape index (κ2) is 5.19. The lowest BCUT2D eigenvalue weighted by atomic mass is 10.0. The number of rotatable bonds is 4. The number of ether oxygens (including phenoxy) is 1. The minimum atomic E-state index is 0.248. The van der Waals surface area contributed by atoms with Gasteiger partial charge in [-0.3, -0.25) is 0 Å². The topological polar surface area (TPSA) is 33.3 Å². The molecule has 18 heavy (non-hydrogen) atoms. The third kappa shape index (κ3) is 3.16. The fraction of sp³-hybridized carbons (Fsp3) is 0.600. The summed E-state index contributed by atoms with van der Waals surface area (Å²) in [5, 5.41) is 7.11. The molecule has 3 nitrogen and oxygen atoms in total. The van der Waals surface area contributed by atoms with E-state index in [1.807, 2.05) is 6.92 Å². The molecule has 1 aliphatic rings. The van der Waals surface area contributed by atoms with E-state index in [2.05, 4.69) is 49.6 Å². The first-order valence-electron chi connectivity index (χ1n) is 6.75. The van der Waals surface area contributed by atoms with Gasteiger partial charge < -0.3 is 15.4 Å². The maximum absolute atomic E-state index is 5.55. The van der Waals surface area contributed by atoms with Crippen molar-refractivity contribution in [1.29, 1.82) is 0 Å². The van der Waals surface area contributed by atoms with Crippen molar-refractivity contribution in [3.63, 3.8) is 0 Å². The van der Waals surface area contributed by atoms with Gasteiger partial charge in [0.1, 0.15) is 5.75 Å². The fourth-order valence-electron chi connectivity index (χ4n) is 2.55. The molecule has 0 aliphatic carbocycles. The van der Waals surface area contributed by atoms with Gasteiger partial charge in [-0.1, -0.05) is 0 Å². The highest BCUT2D eigenvalue weighted by Gasteiger charge is 2.29. The number of nitrogens with one attached hydrogen (secondary N) is 2. The Bertz CT molecular complexity index is 415. The van der Waals surface area contributed by atoms with E-state index in [1.54, 1.807) is 0 Å². The molecule has 0 amide bonds. The fourth-order valence-corrected chi connectivity index (χ4v) is 2.55. The van der Waals surface area contributed by atoms with Crippen molar-refractivity contribution in [2.75, 3.05) is 18.5 Å². The zero-order valence-electron chi connectivity index (χ0n) is 11.8. The highest BCUT2D eigenvalue weighted by Crippen LogP contribution is 2.25. The Balaban J connectivity index is 2.00. The number of benzene rings is 1. The van der Waals surface area contributed by atoms with Crippen LogP contribution in [0.5, 0.6) is 5.75 Å². The van der Waals surface area contributed by atoms with E-state index in [1.165, 1.54) is 11.3 Å². The average molecular weight is 248 g/mol. The quantitative estimate of drug-likeness (QED) is 0.859. The summed E-state index contributed by atoms with van der Waals surface area (Å²) in [6.45, 7) is 10.3. The Morgan fingerprint density at radius 3 is 2.78 bits per heavy atom. The van der Waals surface area contributed by atoms with Gasteiger partial charge in [0.25, 0.3) is 0 Å². The van der Waals surface area contributed by atoms with Gasteiger partial charge in [0.15, 0.2) is 0 Å². The van der Waals surface area contributed by atoms with E-state index in [0.29, 0.717) is 12.6 Å². The Morgan fingerprint density at radius 2 is 2.22 bits per heavy atom. The molecule has 2 N–H and O–H groups in total. The van der Waals surface area contributed by atoms with Crippen molar-refractivity contribution in [3.05, 3.63) is 23.8 Å². The molecule has 1 saturated heterocycles. The monoisotopic (exact) mass is 248 g/mol. The summed E-state index contributed by atoms with van der Waals surface area (Å²) in [5.74, 6) is 0.980. The van der Waals surface area contributed by atoms with Crippen LogP contribution in [0.4, 0.5) is 5.69 Å². The Hall–Kier alpha value is -1.22. The van der Waals surface area contributed by atoms with Crippen LogP contribution in [-0.2, 0) is 0 Å². The Morgan fingerprint density at radius 1 is 1.44 bits per heavy atom. The molecule has 0 radical (unpaired) electrons. The predicted molar refractivity (Wildman–Crippen MR) is 76.5 cm³/mol. The molecule has 1 unspecified atom stereocenters. The van der Waals surface area contributed by atoms with Crippen LogP contribution in [0.1, 0.15) is 32.8 Å². The van der Waals surface area contributed by atoms with Crippen molar-refractivity contribution in [2.45, 2.75) is 45.7 Å². The predicted octanol–water partition coefficient (Wildman–Crippen LogP) is 2.95. The van der Waals surface area contributed by atoms with Gasteiger partial charge in [-0.05, 0) is 57.9 Å². The van der Waals surface area contributed by atoms with Crippen LogP contribution in [0.2, 0.25) is 0 Å². The lowest BCUT2D eigenvalue weighted by Gasteiger charge is -2.18. The maximum Gasteiger partial charge on any atom is 0.122 e. The van der Waals surface area contributed by atoms with Gasteiger partial charge >= 0.3 is 0 Å². The molecular formula is C15H24N2O. The van der Waals surface area contributed by atoms with Crippen LogP contribution in [0.25, 0.3) is 0 Å². The molecule has 1 aliphatic heterocycles. The van der Waals surface area contributed by atoms with Gasteiger partial charge in [0, 0.05) is 23.8 Å². The zero-order valence-corrected chi connectivity index (χ0v) is 11.8. The van der Waals surface area contributed by atoms with Crippen molar-refractivity contribution in [1.82, 2.24) is 5.32 Å². The summed E-state index contributed by atoms with van der Waals surface area (Å²) in [6.07, 6.45) is 1.15. The maximum atomic E-state index is 5.55. The second-order valence-corrected chi connectivity index (χ2v) is 5.72. The van der Waals surface area contributed by atoms with Crippen molar-refractivity contribution >= 4 is 5.69 Å². The summed E-state index contributed by atoms with van der Waals surface area (Å²) in [6, 6.07) is 6.83. The standard InChI is InChI=1S/C15H24N2O/c1-5-18-14-7-6-12(8-11(14)2)17-13-9-15(3,4)16-10-13/h6-8,13,16-17H,5,9-10H2,1-4H3. The lowest BCUT2D eigenvalue weighted by molar-refractivity contribution is 0.338. The van der Waals surface area contributed by atoms with Gasteiger partial charge in [0.05, 0.1) is 6.61 Å².